The Kier molecular flexibility index (Phi) is 4.78. The van der Waals surface area contributed by atoms with Gasteiger partial charge in [-0.25, -0.2) is 0 Å². The lowest BCUT2D eigenvalue weighted by molar-refractivity contribution is -0.114. The van der Waals surface area contributed by atoms with Gasteiger partial charge in [0.05, 0.1) is 6.54 Å². The van der Waals surface area contributed by atoms with Crippen LogP contribution in [-0.2, 0) is 4.79 Å². The summed E-state index contributed by atoms with van der Waals surface area (Å²) in [5.74, 6) is -0.651. The third-order valence-corrected chi connectivity index (χ3v) is 3.48. The number of anilines is 2. The summed E-state index contributed by atoms with van der Waals surface area (Å²) in [5.41, 5.74) is 9.28. The molecule has 0 spiro atoms. The lowest BCUT2D eigenvalue weighted by Crippen LogP contribution is -2.22. The van der Waals surface area contributed by atoms with E-state index in [2.05, 4.69) is 10.6 Å². The Morgan fingerprint density at radius 2 is 1.82 bits per heavy atom. The van der Waals surface area contributed by atoms with Crippen molar-refractivity contribution in [2.75, 3.05) is 17.2 Å². The molecule has 0 unspecified atom stereocenters. The lowest BCUT2D eigenvalue weighted by atomic mass is 10.1. The van der Waals surface area contributed by atoms with Crippen LogP contribution in [0.2, 0.25) is 0 Å². The third-order valence-electron chi connectivity index (χ3n) is 3.48. The highest BCUT2D eigenvalue weighted by Gasteiger charge is 2.06. The van der Waals surface area contributed by atoms with Crippen LogP contribution in [-0.4, -0.2) is 18.4 Å². The van der Waals surface area contributed by atoms with Gasteiger partial charge in [-0.2, -0.15) is 0 Å². The van der Waals surface area contributed by atoms with Gasteiger partial charge in [-0.1, -0.05) is 18.2 Å². The Balaban J connectivity index is 1.97. The molecule has 0 aromatic heterocycles. The van der Waals surface area contributed by atoms with E-state index in [0.717, 1.165) is 16.8 Å². The van der Waals surface area contributed by atoms with E-state index in [0.29, 0.717) is 11.3 Å². The van der Waals surface area contributed by atoms with Crippen molar-refractivity contribution in [1.29, 1.82) is 0 Å². The van der Waals surface area contributed by atoms with E-state index in [4.69, 9.17) is 5.73 Å². The average molecular weight is 297 g/mol. The molecule has 0 aliphatic heterocycles. The van der Waals surface area contributed by atoms with Crippen LogP contribution < -0.4 is 16.4 Å². The fourth-order valence-corrected chi connectivity index (χ4v) is 2.05. The van der Waals surface area contributed by atoms with Gasteiger partial charge in [0.1, 0.15) is 0 Å². The third kappa shape index (κ3) is 3.85. The van der Waals surface area contributed by atoms with Crippen molar-refractivity contribution in [2.45, 2.75) is 13.8 Å². The second-order valence-electron chi connectivity index (χ2n) is 5.09. The minimum Gasteiger partial charge on any atom is -0.376 e. The summed E-state index contributed by atoms with van der Waals surface area (Å²) < 4.78 is 0. The molecule has 22 heavy (non-hydrogen) atoms. The second kappa shape index (κ2) is 6.76. The first-order valence-corrected chi connectivity index (χ1v) is 6.97. The van der Waals surface area contributed by atoms with Crippen LogP contribution in [0.25, 0.3) is 0 Å². The highest BCUT2D eigenvalue weighted by atomic mass is 16.2. The molecule has 0 aliphatic carbocycles. The summed E-state index contributed by atoms with van der Waals surface area (Å²) >= 11 is 0. The molecule has 2 aromatic carbocycles. The first-order valence-electron chi connectivity index (χ1n) is 6.97. The van der Waals surface area contributed by atoms with E-state index in [1.54, 1.807) is 24.3 Å². The summed E-state index contributed by atoms with van der Waals surface area (Å²) in [6.45, 7) is 4.07. The molecule has 0 aliphatic rings. The van der Waals surface area contributed by atoms with E-state index in [1.165, 1.54) is 0 Å². The Hall–Kier alpha value is -2.82. The van der Waals surface area contributed by atoms with Crippen molar-refractivity contribution in [3.63, 3.8) is 0 Å². The van der Waals surface area contributed by atoms with Gasteiger partial charge in [-0.15, -0.1) is 0 Å². The highest BCUT2D eigenvalue weighted by molar-refractivity contribution is 5.95. The van der Waals surface area contributed by atoms with E-state index >= 15 is 0 Å². The first-order chi connectivity index (χ1) is 10.5. The fraction of sp³-hybridized carbons (Fsp3) is 0.176. The maximum absolute atomic E-state index is 12.0. The number of rotatable bonds is 5. The normalized spacial score (nSPS) is 10.1. The molecule has 114 valence electrons. The Morgan fingerprint density at radius 3 is 2.55 bits per heavy atom. The first kappa shape index (κ1) is 15.6. The van der Waals surface area contributed by atoms with Gasteiger partial charge in [-0.05, 0) is 49.2 Å². The van der Waals surface area contributed by atoms with Crippen molar-refractivity contribution in [3.8, 4) is 0 Å². The van der Waals surface area contributed by atoms with E-state index in [9.17, 15) is 9.59 Å². The predicted octanol–water partition coefficient (Wildman–Crippen LogP) is 2.45. The zero-order valence-electron chi connectivity index (χ0n) is 12.6. The molecule has 0 bridgehead atoms. The predicted molar refractivity (Wildman–Crippen MR) is 88.0 cm³/mol. The van der Waals surface area contributed by atoms with Crippen LogP contribution in [0.4, 0.5) is 11.4 Å². The van der Waals surface area contributed by atoms with Gasteiger partial charge in [0.15, 0.2) is 0 Å². The smallest absolute Gasteiger partial charge is 0.248 e. The number of carbonyl (C=O) groups excluding carboxylic acids is 2. The van der Waals surface area contributed by atoms with Gasteiger partial charge in [-0.3, -0.25) is 9.59 Å². The van der Waals surface area contributed by atoms with Crippen molar-refractivity contribution >= 4 is 23.2 Å². The molecular formula is C17H19N3O2. The molecule has 0 saturated carbocycles. The van der Waals surface area contributed by atoms with Gasteiger partial charge in [0, 0.05) is 16.9 Å². The summed E-state index contributed by atoms with van der Waals surface area (Å²) in [6, 6.07) is 12.5. The van der Waals surface area contributed by atoms with Crippen LogP contribution in [0.5, 0.6) is 0 Å². The number of aryl methyl sites for hydroxylation is 1. The summed E-state index contributed by atoms with van der Waals surface area (Å²) in [4.78, 5) is 23.1. The summed E-state index contributed by atoms with van der Waals surface area (Å²) in [5, 5.41) is 5.84. The van der Waals surface area contributed by atoms with E-state index in [1.807, 2.05) is 32.0 Å². The second-order valence-corrected chi connectivity index (χ2v) is 5.09. The number of amides is 2. The number of hydrogen-bond donors (Lipinski definition) is 3. The zero-order valence-corrected chi connectivity index (χ0v) is 12.6. The molecule has 0 saturated heterocycles. The minimum atomic E-state index is -0.497. The van der Waals surface area contributed by atoms with Crippen LogP contribution in [0.15, 0.2) is 42.5 Å². The lowest BCUT2D eigenvalue weighted by Gasteiger charge is -2.11. The maximum Gasteiger partial charge on any atom is 0.248 e. The van der Waals surface area contributed by atoms with Crippen molar-refractivity contribution in [1.82, 2.24) is 0 Å². The number of benzene rings is 2. The molecule has 0 heterocycles. The molecule has 5 nitrogen and oxygen atoms in total. The van der Waals surface area contributed by atoms with Crippen LogP contribution >= 0.6 is 0 Å². The molecule has 4 N–H and O–H groups in total. The Labute approximate surface area is 129 Å². The number of hydrogen-bond acceptors (Lipinski definition) is 3. The molecule has 5 heteroatoms. The fourth-order valence-electron chi connectivity index (χ4n) is 2.05. The quantitative estimate of drug-likeness (QED) is 0.792. The number of carbonyl (C=O) groups is 2. The van der Waals surface area contributed by atoms with Crippen LogP contribution in [0.1, 0.15) is 21.5 Å². The van der Waals surface area contributed by atoms with Gasteiger partial charge in [0.2, 0.25) is 11.8 Å². The van der Waals surface area contributed by atoms with Crippen molar-refractivity contribution in [2.24, 2.45) is 5.73 Å². The molecule has 0 radical (unpaired) electrons. The maximum atomic E-state index is 12.0. The summed E-state index contributed by atoms with van der Waals surface area (Å²) in [6.07, 6.45) is 0. The molecule has 0 atom stereocenters. The summed E-state index contributed by atoms with van der Waals surface area (Å²) in [7, 11) is 0. The van der Waals surface area contributed by atoms with Gasteiger partial charge < -0.3 is 16.4 Å². The van der Waals surface area contributed by atoms with Gasteiger partial charge in [0.25, 0.3) is 0 Å². The molecular weight excluding hydrogens is 278 g/mol. The number of primary amides is 1. The monoisotopic (exact) mass is 297 g/mol. The van der Waals surface area contributed by atoms with Crippen molar-refractivity contribution in [3.05, 3.63) is 59.2 Å². The minimum absolute atomic E-state index is 0.107. The van der Waals surface area contributed by atoms with Gasteiger partial charge >= 0.3 is 0 Å². The molecule has 2 rings (SSSR count). The number of nitrogens with one attached hydrogen (secondary N) is 2. The topological polar surface area (TPSA) is 84.2 Å². The standard InChI is InChI=1S/C17H19N3O2/c1-11-5-3-8-15(12(11)2)20-16(21)10-19-14-7-4-6-13(9-14)17(18)22/h3-9,19H,10H2,1-2H3,(H2,18,22)(H,20,21). The Bertz CT molecular complexity index is 711. The molecule has 2 aromatic rings. The van der Waals surface area contributed by atoms with Crippen LogP contribution in [0.3, 0.4) is 0 Å². The Morgan fingerprint density at radius 1 is 1.09 bits per heavy atom. The van der Waals surface area contributed by atoms with E-state index < -0.39 is 5.91 Å². The SMILES string of the molecule is Cc1cccc(NC(=O)CNc2cccc(C(N)=O)c2)c1C. The highest BCUT2D eigenvalue weighted by Crippen LogP contribution is 2.17. The molecule has 2 amide bonds. The largest absolute Gasteiger partial charge is 0.376 e. The van der Waals surface area contributed by atoms with E-state index in [-0.39, 0.29) is 12.5 Å². The number of nitrogens with two attached hydrogens (primary N) is 1. The molecule has 0 fully saturated rings. The average Bonchev–Trinajstić information content (AvgIpc) is 2.50. The van der Waals surface area contributed by atoms with Crippen LogP contribution in [0, 0.1) is 13.8 Å². The van der Waals surface area contributed by atoms with Crippen molar-refractivity contribution < 1.29 is 9.59 Å². The zero-order chi connectivity index (χ0) is 16.1.